The topological polar surface area (TPSA) is 37.9 Å². The molecule has 0 bridgehead atoms. The number of nitriles is 1. The molecule has 0 N–H and O–H groups in total. The van der Waals surface area contributed by atoms with E-state index < -0.39 is 0 Å². The largest absolute Gasteiger partial charge is 0.294 e. The molecule has 0 spiro atoms. The summed E-state index contributed by atoms with van der Waals surface area (Å²) in [5.41, 5.74) is 0. The molecule has 0 aliphatic heterocycles. The monoisotopic (exact) mass is 92.0 g/mol. The number of rotatable bonds is 1. The summed E-state index contributed by atoms with van der Waals surface area (Å²) in [7, 11) is 0. The van der Waals surface area contributed by atoms with Crippen LogP contribution in [0.15, 0.2) is 12.2 Å². The van der Waals surface area contributed by atoms with Gasteiger partial charge in [0.05, 0.1) is 6.07 Å². The van der Waals surface area contributed by atoms with Gasteiger partial charge in [-0.05, 0) is 0 Å². The van der Waals surface area contributed by atoms with Gasteiger partial charge in [-0.3, -0.25) is 4.67 Å². The van der Waals surface area contributed by atoms with Crippen LogP contribution in [0.4, 0.5) is 0 Å². The minimum absolute atomic E-state index is 1.29. The number of allylic oxidation sites excluding steroid dienone is 2. The summed E-state index contributed by atoms with van der Waals surface area (Å²) >= 11 is 0. The van der Waals surface area contributed by atoms with E-state index in [9.17, 15) is 0 Å². The summed E-state index contributed by atoms with van der Waals surface area (Å²) in [5, 5.41) is 7.85. The molecule has 0 rings (SSSR count). The number of nitrogens with zero attached hydrogens (tertiary/aromatic N) is 2. The van der Waals surface area contributed by atoms with Crippen LogP contribution in [0.1, 0.15) is 0 Å². The first kappa shape index (κ1) is 5.68. The van der Waals surface area contributed by atoms with Crippen LogP contribution in [0.3, 0.4) is 0 Å². The molecule has 2 heteroatoms. The van der Waals surface area contributed by atoms with Crippen LogP contribution in [-0.4, -0.2) is 12.9 Å². The first-order chi connectivity index (χ1) is 3.41. The molecule has 0 unspecified atom stereocenters. The van der Waals surface area contributed by atoms with Crippen LogP contribution >= 0.6 is 0 Å². The lowest BCUT2D eigenvalue weighted by molar-refractivity contribution is 1.53. The van der Waals surface area contributed by atoms with Gasteiger partial charge in [-0.1, -0.05) is 6.08 Å². The molecule has 0 saturated carbocycles. The number of hydrogen-bond donors (Lipinski definition) is 0. The van der Waals surface area contributed by atoms with Gasteiger partial charge in [0.25, 0.3) is 0 Å². The molecule has 0 fully saturated rings. The molecule has 0 aromatic rings. The second-order valence-corrected chi connectivity index (χ2v) is 0.786. The maximum absolute atomic E-state index is 7.85. The Hall–Kier alpha value is -1.32. The normalized spacial score (nSPS) is 7.29. The maximum atomic E-state index is 7.85. The molecule has 0 aliphatic carbocycles. The van der Waals surface area contributed by atoms with E-state index in [-0.39, 0.29) is 0 Å². The highest BCUT2D eigenvalue weighted by Gasteiger charge is 1.55. The van der Waals surface area contributed by atoms with Crippen molar-refractivity contribution in [2.24, 2.45) is 0 Å². The Morgan fingerprint density at radius 1 is 1.71 bits per heavy atom. The van der Waals surface area contributed by atoms with Gasteiger partial charge in [0.1, 0.15) is 12.9 Å². The molecule has 0 amide bonds. The zero-order valence-electron chi connectivity index (χ0n) is 3.70. The van der Waals surface area contributed by atoms with Gasteiger partial charge in [-0.15, -0.1) is 0 Å². The van der Waals surface area contributed by atoms with Crippen molar-refractivity contribution in [2.45, 2.75) is 0 Å². The Balaban J connectivity index is 3.54. The van der Waals surface area contributed by atoms with Gasteiger partial charge in [-0.2, -0.15) is 5.26 Å². The van der Waals surface area contributed by atoms with Gasteiger partial charge in [0.2, 0.25) is 0 Å². The molecule has 0 saturated heterocycles. The standard InChI is InChI=1S/C5H4N2/c1-7-5-3-2-4-6/h1-3,5H/b3-2+. The van der Waals surface area contributed by atoms with Crippen LogP contribution in [-0.2, 0) is 0 Å². The summed E-state index contributed by atoms with van der Waals surface area (Å²) in [5.74, 6) is 0. The summed E-state index contributed by atoms with van der Waals surface area (Å²) in [4.78, 5) is 0. The van der Waals surface area contributed by atoms with E-state index >= 15 is 0 Å². The van der Waals surface area contributed by atoms with Crippen molar-refractivity contribution in [3.63, 3.8) is 0 Å². The van der Waals surface area contributed by atoms with Crippen LogP contribution < -0.4 is 4.67 Å². The van der Waals surface area contributed by atoms with Crippen LogP contribution in [0.2, 0.25) is 0 Å². The van der Waals surface area contributed by atoms with Crippen molar-refractivity contribution in [3.8, 4) is 6.07 Å². The molecule has 0 atom stereocenters. The van der Waals surface area contributed by atoms with Crippen molar-refractivity contribution in [1.82, 2.24) is 4.67 Å². The minimum Gasteiger partial charge on any atom is -0.294 e. The third-order valence-electron chi connectivity index (χ3n) is 0.343. The predicted octanol–water partition coefficient (Wildman–Crippen LogP) is -0.218. The van der Waals surface area contributed by atoms with Gasteiger partial charge in [0, 0.05) is 6.08 Å². The fourth-order valence-electron chi connectivity index (χ4n) is 0.136. The highest BCUT2D eigenvalue weighted by molar-refractivity contribution is 5.71. The highest BCUT2D eigenvalue weighted by Crippen LogP contribution is 1.56. The molecule has 0 aliphatic rings. The Kier molecular flexibility index (Phi) is 3.80. The van der Waals surface area contributed by atoms with E-state index in [0.29, 0.717) is 0 Å². The first-order valence-electron chi connectivity index (χ1n) is 1.70. The average molecular weight is 92.1 g/mol. The highest BCUT2D eigenvalue weighted by atomic mass is 14.5. The first-order valence-corrected chi connectivity index (χ1v) is 1.70. The molecule has 0 aromatic carbocycles. The van der Waals surface area contributed by atoms with Crippen molar-refractivity contribution in [1.29, 1.82) is 5.26 Å². The lowest BCUT2D eigenvalue weighted by Crippen LogP contribution is -1.64. The molecule has 0 radical (unpaired) electrons. The van der Waals surface area contributed by atoms with Crippen LogP contribution in [0.25, 0.3) is 0 Å². The summed E-state index contributed by atoms with van der Waals surface area (Å²) in [6, 6.07) is 1.78. The molecule has 0 heterocycles. The minimum atomic E-state index is 1.29. The fourth-order valence-corrected chi connectivity index (χ4v) is 0.136. The van der Waals surface area contributed by atoms with Crippen LogP contribution in [0, 0.1) is 11.3 Å². The Morgan fingerprint density at radius 3 is 2.86 bits per heavy atom. The van der Waals surface area contributed by atoms with Crippen molar-refractivity contribution < 1.29 is 0 Å². The third-order valence-corrected chi connectivity index (χ3v) is 0.343. The Bertz CT molecular complexity index is 144. The molecule has 2 nitrogen and oxygen atoms in total. The summed E-state index contributed by atoms with van der Waals surface area (Å²) in [6.45, 7) is 4.68. The Morgan fingerprint density at radius 2 is 2.43 bits per heavy atom. The molecule has 7 heavy (non-hydrogen) atoms. The zero-order chi connectivity index (χ0) is 5.54. The van der Waals surface area contributed by atoms with Crippen molar-refractivity contribution in [3.05, 3.63) is 12.2 Å². The van der Waals surface area contributed by atoms with Crippen molar-refractivity contribution in [2.75, 3.05) is 0 Å². The van der Waals surface area contributed by atoms with E-state index in [0.717, 1.165) is 0 Å². The van der Waals surface area contributed by atoms with Gasteiger partial charge in [-0.25, -0.2) is 0 Å². The summed E-state index contributed by atoms with van der Waals surface area (Å²) in [6.07, 6.45) is 4.08. The average Bonchev–Trinajstić information content (AvgIpc) is 1.69. The van der Waals surface area contributed by atoms with E-state index in [4.69, 9.17) is 5.26 Å². The summed E-state index contributed by atoms with van der Waals surface area (Å²) < 4.78 is 3.11. The lowest BCUT2D eigenvalue weighted by Gasteiger charge is -1.54. The van der Waals surface area contributed by atoms with E-state index in [1.165, 1.54) is 18.4 Å². The van der Waals surface area contributed by atoms with E-state index in [1.54, 1.807) is 6.07 Å². The van der Waals surface area contributed by atoms with Crippen LogP contribution in [0.5, 0.6) is 0 Å². The number of hydrogen-bond acceptors (Lipinski definition) is 1. The lowest BCUT2D eigenvalue weighted by atomic mass is 10.6. The second-order valence-electron chi connectivity index (χ2n) is 0.786. The van der Waals surface area contributed by atoms with Gasteiger partial charge >= 0.3 is 0 Å². The zero-order valence-corrected chi connectivity index (χ0v) is 3.70. The molecule has 0 aromatic heterocycles. The molecular formula is C5H4N2. The van der Waals surface area contributed by atoms with Crippen molar-refractivity contribution >= 4 is 12.9 Å². The maximum Gasteiger partial charge on any atom is 0.142 e. The quantitative estimate of drug-likeness (QED) is 0.191. The van der Waals surface area contributed by atoms with Gasteiger partial charge < -0.3 is 0 Å². The van der Waals surface area contributed by atoms with E-state index in [1.807, 2.05) is 0 Å². The predicted molar refractivity (Wildman–Crippen MR) is 29.0 cm³/mol. The SMILES string of the molecule is [CH-]=[N+]=C/C=C/C#N. The molecule has 34 valence electrons. The smallest absolute Gasteiger partial charge is 0.142 e. The van der Waals surface area contributed by atoms with Gasteiger partial charge in [0.15, 0.2) is 0 Å². The molecular weight excluding hydrogens is 88.1 g/mol. The fraction of sp³-hybridized carbons (Fsp3) is 0. The second kappa shape index (κ2) is 4.68. The third kappa shape index (κ3) is 4.68. The Labute approximate surface area is 42.1 Å². The van der Waals surface area contributed by atoms with E-state index in [2.05, 4.69) is 11.4 Å².